The number of hydrogen-bond acceptors (Lipinski definition) is 3. The summed E-state index contributed by atoms with van der Waals surface area (Å²) in [5.74, 6) is -0.909. The molecule has 0 aromatic rings. The van der Waals surface area contributed by atoms with Gasteiger partial charge < -0.3 is 5.11 Å². The maximum Gasteiger partial charge on any atom is 0.317 e. The van der Waals surface area contributed by atoms with Crippen LogP contribution in [0.1, 0.15) is 0 Å². The van der Waals surface area contributed by atoms with Gasteiger partial charge in [0.25, 0.3) is 0 Å². The first-order chi connectivity index (χ1) is 4.16. The van der Waals surface area contributed by atoms with Crippen molar-refractivity contribution in [3.8, 4) is 6.07 Å². The van der Waals surface area contributed by atoms with Crippen LogP contribution in [0.4, 0.5) is 0 Å². The third kappa shape index (κ3) is 4.78. The fourth-order valence-electron chi connectivity index (χ4n) is 0.408. The Morgan fingerprint density at radius 3 is 2.78 bits per heavy atom. The summed E-state index contributed by atoms with van der Waals surface area (Å²) >= 11 is 0. The molecular weight excluding hydrogens is 120 g/mol. The molecule has 0 aliphatic rings. The monoisotopic (exact) mass is 128 g/mol. The maximum atomic E-state index is 9.93. The zero-order valence-corrected chi connectivity index (χ0v) is 5.16. The van der Waals surface area contributed by atoms with Crippen molar-refractivity contribution in [1.29, 1.82) is 5.26 Å². The number of rotatable bonds is 3. The molecule has 0 spiro atoms. The fraction of sp³-hybridized carbons (Fsp3) is 0.600. The van der Waals surface area contributed by atoms with Crippen molar-refractivity contribution >= 4 is 5.97 Å². The van der Waals surface area contributed by atoms with Gasteiger partial charge in [0.1, 0.15) is 0 Å². The molecule has 0 aromatic heterocycles. The van der Waals surface area contributed by atoms with Crippen LogP contribution in [-0.2, 0) is 4.79 Å². The van der Waals surface area contributed by atoms with E-state index in [0.29, 0.717) is 0 Å². The average Bonchev–Trinajstić information content (AvgIpc) is 1.63. The SMILES string of the molecule is CN(CC#N)CC(=O)O. The first kappa shape index (κ1) is 7.92. The topological polar surface area (TPSA) is 64.3 Å². The maximum absolute atomic E-state index is 9.93. The Morgan fingerprint density at radius 2 is 2.44 bits per heavy atom. The minimum atomic E-state index is -0.909. The molecule has 4 nitrogen and oxygen atoms in total. The van der Waals surface area contributed by atoms with E-state index in [2.05, 4.69) is 0 Å². The molecule has 0 aliphatic carbocycles. The molecule has 0 aliphatic heterocycles. The summed E-state index contributed by atoms with van der Waals surface area (Å²) in [4.78, 5) is 11.4. The van der Waals surface area contributed by atoms with E-state index in [0.717, 1.165) is 0 Å². The molecule has 1 N–H and O–H groups in total. The summed E-state index contributed by atoms with van der Waals surface area (Å²) in [6.07, 6.45) is 0. The molecule has 0 amide bonds. The summed E-state index contributed by atoms with van der Waals surface area (Å²) in [5, 5.41) is 16.2. The minimum Gasteiger partial charge on any atom is -0.480 e. The second kappa shape index (κ2) is 3.87. The Labute approximate surface area is 53.3 Å². The van der Waals surface area contributed by atoms with Crippen molar-refractivity contribution in [2.45, 2.75) is 0 Å². The number of nitriles is 1. The van der Waals surface area contributed by atoms with E-state index in [1.54, 1.807) is 7.05 Å². The van der Waals surface area contributed by atoms with E-state index in [1.165, 1.54) is 4.90 Å². The Morgan fingerprint density at radius 1 is 1.89 bits per heavy atom. The van der Waals surface area contributed by atoms with Crippen LogP contribution in [0.25, 0.3) is 0 Å². The van der Waals surface area contributed by atoms with Crippen LogP contribution in [0.3, 0.4) is 0 Å². The van der Waals surface area contributed by atoms with E-state index >= 15 is 0 Å². The smallest absolute Gasteiger partial charge is 0.317 e. The van der Waals surface area contributed by atoms with Gasteiger partial charge in [-0.05, 0) is 7.05 Å². The molecule has 0 radical (unpaired) electrons. The van der Waals surface area contributed by atoms with Gasteiger partial charge in [-0.2, -0.15) is 5.26 Å². The molecule has 9 heavy (non-hydrogen) atoms. The van der Waals surface area contributed by atoms with Gasteiger partial charge in [0, 0.05) is 0 Å². The molecule has 0 saturated carbocycles. The van der Waals surface area contributed by atoms with Crippen LogP contribution in [0.5, 0.6) is 0 Å². The van der Waals surface area contributed by atoms with Crippen molar-refractivity contribution < 1.29 is 9.90 Å². The summed E-state index contributed by atoms with van der Waals surface area (Å²) < 4.78 is 0. The van der Waals surface area contributed by atoms with E-state index in [4.69, 9.17) is 10.4 Å². The summed E-state index contributed by atoms with van der Waals surface area (Å²) in [6, 6.07) is 1.84. The fourth-order valence-corrected chi connectivity index (χ4v) is 0.408. The third-order valence-corrected chi connectivity index (χ3v) is 0.746. The van der Waals surface area contributed by atoms with Crippen LogP contribution in [0.2, 0.25) is 0 Å². The van der Waals surface area contributed by atoms with Gasteiger partial charge in [-0.3, -0.25) is 9.69 Å². The standard InChI is InChI=1S/C5H8N2O2/c1-7(3-2-6)4-5(8)9/h3-4H2,1H3,(H,8,9). The Balaban J connectivity index is 3.40. The van der Waals surface area contributed by atoms with E-state index < -0.39 is 5.97 Å². The van der Waals surface area contributed by atoms with Gasteiger partial charge >= 0.3 is 5.97 Å². The number of likely N-dealkylation sites (N-methyl/N-ethyl adjacent to an activating group) is 1. The molecule has 0 fully saturated rings. The van der Waals surface area contributed by atoms with E-state index in [9.17, 15) is 4.79 Å². The van der Waals surface area contributed by atoms with Crippen LogP contribution in [-0.4, -0.2) is 36.1 Å². The second-order valence-corrected chi connectivity index (χ2v) is 1.72. The first-order valence-electron chi connectivity index (χ1n) is 2.44. The largest absolute Gasteiger partial charge is 0.480 e. The third-order valence-electron chi connectivity index (χ3n) is 0.746. The van der Waals surface area contributed by atoms with E-state index in [-0.39, 0.29) is 13.1 Å². The van der Waals surface area contributed by atoms with Gasteiger partial charge in [0.15, 0.2) is 0 Å². The van der Waals surface area contributed by atoms with E-state index in [1.807, 2.05) is 6.07 Å². The number of carboxylic acids is 1. The number of nitrogens with zero attached hydrogens (tertiary/aromatic N) is 2. The lowest BCUT2D eigenvalue weighted by atomic mass is 10.5. The molecule has 0 rings (SSSR count). The zero-order valence-electron chi connectivity index (χ0n) is 5.16. The Kier molecular flexibility index (Phi) is 3.40. The molecule has 0 aromatic carbocycles. The van der Waals surface area contributed by atoms with Crippen molar-refractivity contribution in [3.63, 3.8) is 0 Å². The van der Waals surface area contributed by atoms with Gasteiger partial charge in [-0.15, -0.1) is 0 Å². The highest BCUT2D eigenvalue weighted by Crippen LogP contribution is 1.77. The molecule has 50 valence electrons. The molecule has 0 heterocycles. The number of carbonyl (C=O) groups is 1. The van der Waals surface area contributed by atoms with Crippen molar-refractivity contribution in [2.24, 2.45) is 0 Å². The Bertz CT molecular complexity index is 138. The summed E-state index contributed by atoms with van der Waals surface area (Å²) in [5.41, 5.74) is 0. The molecule has 0 bridgehead atoms. The predicted molar refractivity (Wildman–Crippen MR) is 30.7 cm³/mol. The molecular formula is C5H8N2O2. The molecule has 0 atom stereocenters. The van der Waals surface area contributed by atoms with Gasteiger partial charge in [-0.25, -0.2) is 0 Å². The van der Waals surface area contributed by atoms with Crippen LogP contribution < -0.4 is 0 Å². The number of aliphatic carboxylic acids is 1. The van der Waals surface area contributed by atoms with Crippen LogP contribution in [0.15, 0.2) is 0 Å². The predicted octanol–water partition coefficient (Wildman–Crippen LogP) is -0.474. The minimum absolute atomic E-state index is 0.0758. The summed E-state index contributed by atoms with van der Waals surface area (Å²) in [7, 11) is 1.58. The molecule has 0 unspecified atom stereocenters. The van der Waals surface area contributed by atoms with Crippen molar-refractivity contribution in [3.05, 3.63) is 0 Å². The highest BCUT2D eigenvalue weighted by atomic mass is 16.4. The van der Waals surface area contributed by atoms with Crippen LogP contribution in [0, 0.1) is 11.3 Å². The van der Waals surface area contributed by atoms with Gasteiger partial charge in [-0.1, -0.05) is 0 Å². The number of carboxylic acid groups (broad SMARTS) is 1. The van der Waals surface area contributed by atoms with Gasteiger partial charge in [0.2, 0.25) is 0 Å². The first-order valence-corrected chi connectivity index (χ1v) is 2.44. The lowest BCUT2D eigenvalue weighted by molar-refractivity contribution is -0.137. The normalized spacial score (nSPS) is 9.00. The summed E-state index contributed by atoms with van der Waals surface area (Å²) in [6.45, 7) is 0.0832. The van der Waals surface area contributed by atoms with Crippen molar-refractivity contribution in [1.82, 2.24) is 4.90 Å². The zero-order chi connectivity index (χ0) is 7.28. The highest BCUT2D eigenvalue weighted by molar-refractivity contribution is 5.69. The number of hydrogen-bond donors (Lipinski definition) is 1. The lowest BCUT2D eigenvalue weighted by Crippen LogP contribution is -2.25. The van der Waals surface area contributed by atoms with Gasteiger partial charge in [0.05, 0.1) is 19.2 Å². The molecule has 4 heteroatoms. The lowest BCUT2D eigenvalue weighted by Gasteiger charge is -2.06. The van der Waals surface area contributed by atoms with Crippen LogP contribution >= 0.6 is 0 Å². The molecule has 0 saturated heterocycles. The second-order valence-electron chi connectivity index (χ2n) is 1.72. The highest BCUT2D eigenvalue weighted by Gasteiger charge is 2.00. The Hall–Kier alpha value is -1.08. The average molecular weight is 128 g/mol. The quantitative estimate of drug-likeness (QED) is 0.522. The van der Waals surface area contributed by atoms with Crippen molar-refractivity contribution in [2.75, 3.05) is 20.1 Å².